The summed E-state index contributed by atoms with van der Waals surface area (Å²) in [5.74, 6) is 0.414. The highest BCUT2D eigenvalue weighted by Crippen LogP contribution is 2.29. The molecule has 0 aliphatic rings. The molecule has 0 saturated heterocycles. The number of hydrogen-bond donors (Lipinski definition) is 0. The predicted octanol–water partition coefficient (Wildman–Crippen LogP) is 6.05. The Balaban J connectivity index is 1.70. The number of benzene rings is 2. The van der Waals surface area contributed by atoms with Crippen LogP contribution in [-0.2, 0) is 5.41 Å². The number of halogens is 1. The average Bonchev–Trinajstić information content (AvgIpc) is 3.09. The topological polar surface area (TPSA) is 56.0 Å². The Morgan fingerprint density at radius 1 is 1.11 bits per heavy atom. The van der Waals surface area contributed by atoms with E-state index < -0.39 is 0 Å². The summed E-state index contributed by atoms with van der Waals surface area (Å²) < 4.78 is 5.68. The van der Waals surface area contributed by atoms with E-state index in [1.807, 2.05) is 43.3 Å². The Kier molecular flexibility index (Phi) is 5.72. The van der Waals surface area contributed by atoms with Crippen LogP contribution in [0.15, 0.2) is 58.2 Å². The minimum atomic E-state index is -0.335. The first kappa shape index (κ1) is 19.6. The Morgan fingerprint density at radius 2 is 1.81 bits per heavy atom. The van der Waals surface area contributed by atoms with Crippen molar-refractivity contribution >= 4 is 29.1 Å². The van der Waals surface area contributed by atoms with Gasteiger partial charge in [0.05, 0.1) is 5.25 Å². The smallest absolute Gasteiger partial charge is 0.277 e. The van der Waals surface area contributed by atoms with Crippen molar-refractivity contribution in [2.75, 3.05) is 0 Å². The summed E-state index contributed by atoms with van der Waals surface area (Å²) in [5.41, 5.74) is 2.68. The van der Waals surface area contributed by atoms with Crippen molar-refractivity contribution in [2.45, 2.75) is 43.6 Å². The van der Waals surface area contributed by atoms with Gasteiger partial charge in [-0.3, -0.25) is 4.79 Å². The van der Waals surface area contributed by atoms with Gasteiger partial charge in [0, 0.05) is 16.1 Å². The molecule has 140 valence electrons. The summed E-state index contributed by atoms with van der Waals surface area (Å²) in [6.07, 6.45) is 0. The van der Waals surface area contributed by atoms with Crippen LogP contribution >= 0.6 is 23.4 Å². The molecule has 0 amide bonds. The number of ketones is 1. The molecule has 1 aromatic heterocycles. The second kappa shape index (κ2) is 7.87. The van der Waals surface area contributed by atoms with Crippen molar-refractivity contribution in [1.82, 2.24) is 10.2 Å². The monoisotopic (exact) mass is 400 g/mol. The number of thioether (sulfide) groups is 1. The van der Waals surface area contributed by atoms with Crippen LogP contribution in [0.2, 0.25) is 5.02 Å². The number of carbonyl (C=O) groups excluding carboxylic acids is 1. The fraction of sp³-hybridized carbons (Fsp3) is 0.286. The molecule has 3 aromatic rings. The number of nitrogens with zero attached hydrogens (tertiary/aromatic N) is 2. The van der Waals surface area contributed by atoms with Crippen molar-refractivity contribution in [3.8, 4) is 11.5 Å². The van der Waals surface area contributed by atoms with Gasteiger partial charge < -0.3 is 4.42 Å². The molecular formula is C21H21ClN2O2S. The van der Waals surface area contributed by atoms with Crippen molar-refractivity contribution in [3.63, 3.8) is 0 Å². The molecular weight excluding hydrogens is 380 g/mol. The molecule has 6 heteroatoms. The molecule has 2 aromatic carbocycles. The maximum Gasteiger partial charge on any atom is 0.277 e. The van der Waals surface area contributed by atoms with Crippen LogP contribution in [0.5, 0.6) is 0 Å². The normalized spacial score (nSPS) is 12.8. The third-order valence-corrected chi connectivity index (χ3v) is 5.33. The molecule has 0 saturated carbocycles. The van der Waals surface area contributed by atoms with E-state index in [0.717, 1.165) is 5.56 Å². The average molecular weight is 401 g/mol. The van der Waals surface area contributed by atoms with Gasteiger partial charge in [-0.1, -0.05) is 74.5 Å². The molecule has 0 bridgehead atoms. The minimum absolute atomic E-state index is 0.0305. The molecule has 0 unspecified atom stereocenters. The van der Waals surface area contributed by atoms with E-state index in [9.17, 15) is 4.79 Å². The molecule has 0 spiro atoms. The Hall–Kier alpha value is -2.11. The van der Waals surface area contributed by atoms with Crippen molar-refractivity contribution in [1.29, 1.82) is 0 Å². The third kappa shape index (κ3) is 4.79. The number of aromatic nitrogens is 2. The summed E-state index contributed by atoms with van der Waals surface area (Å²) in [4.78, 5) is 12.7. The lowest BCUT2D eigenvalue weighted by molar-refractivity contribution is 0.0993. The maximum absolute atomic E-state index is 12.7. The molecule has 27 heavy (non-hydrogen) atoms. The van der Waals surface area contributed by atoms with E-state index in [2.05, 4.69) is 31.0 Å². The minimum Gasteiger partial charge on any atom is -0.411 e. The number of Topliss-reactive ketones (excluding diaryl/α,β-unsaturated/α-hetero) is 1. The lowest BCUT2D eigenvalue weighted by atomic mass is 9.86. The van der Waals surface area contributed by atoms with Crippen LogP contribution in [0.1, 0.15) is 43.6 Å². The summed E-state index contributed by atoms with van der Waals surface area (Å²) in [7, 11) is 0. The summed E-state index contributed by atoms with van der Waals surface area (Å²) in [6.45, 7) is 8.29. The SMILES string of the molecule is C[C@@H](Sc1nnc(-c2cccc(Cl)c2)o1)C(=O)c1ccc(C(C)(C)C)cc1. The van der Waals surface area contributed by atoms with Crippen LogP contribution in [0.25, 0.3) is 11.5 Å². The lowest BCUT2D eigenvalue weighted by Gasteiger charge is -2.19. The second-order valence-corrected chi connectivity index (χ2v) is 9.06. The lowest BCUT2D eigenvalue weighted by Crippen LogP contribution is -2.15. The zero-order valence-corrected chi connectivity index (χ0v) is 17.3. The highest BCUT2D eigenvalue weighted by atomic mass is 35.5. The van der Waals surface area contributed by atoms with Gasteiger partial charge in [0.25, 0.3) is 5.22 Å². The Labute approximate surface area is 168 Å². The number of rotatable bonds is 5. The van der Waals surface area contributed by atoms with Crippen molar-refractivity contribution in [3.05, 3.63) is 64.7 Å². The van der Waals surface area contributed by atoms with E-state index in [0.29, 0.717) is 21.7 Å². The zero-order chi connectivity index (χ0) is 19.6. The quantitative estimate of drug-likeness (QED) is 0.385. The molecule has 0 fully saturated rings. The van der Waals surface area contributed by atoms with E-state index in [1.165, 1.54) is 17.3 Å². The van der Waals surface area contributed by atoms with E-state index in [-0.39, 0.29) is 16.4 Å². The van der Waals surface area contributed by atoms with Gasteiger partial charge >= 0.3 is 0 Å². The highest BCUT2D eigenvalue weighted by Gasteiger charge is 2.21. The van der Waals surface area contributed by atoms with Crippen LogP contribution in [0.3, 0.4) is 0 Å². The van der Waals surface area contributed by atoms with Crippen LogP contribution in [0, 0.1) is 0 Å². The standard InChI is InChI=1S/C21H21ClN2O2S/c1-13(18(25)14-8-10-16(11-9-14)21(2,3)4)27-20-24-23-19(26-20)15-6-5-7-17(22)12-15/h5-13H,1-4H3/t13-/m1/s1. The predicted molar refractivity (Wildman–Crippen MR) is 110 cm³/mol. The number of hydrogen-bond acceptors (Lipinski definition) is 5. The Bertz CT molecular complexity index is 945. The van der Waals surface area contributed by atoms with Crippen LogP contribution in [0.4, 0.5) is 0 Å². The van der Waals surface area contributed by atoms with Crippen molar-refractivity contribution in [2.24, 2.45) is 0 Å². The van der Waals surface area contributed by atoms with Gasteiger partial charge in [-0.25, -0.2) is 0 Å². The highest BCUT2D eigenvalue weighted by molar-refractivity contribution is 8.00. The van der Waals surface area contributed by atoms with Crippen LogP contribution in [-0.4, -0.2) is 21.2 Å². The van der Waals surface area contributed by atoms with Gasteiger partial charge in [0.15, 0.2) is 5.78 Å². The van der Waals surface area contributed by atoms with Crippen LogP contribution < -0.4 is 0 Å². The molecule has 0 aliphatic carbocycles. The molecule has 0 N–H and O–H groups in total. The summed E-state index contributed by atoms with van der Waals surface area (Å²) in [6, 6.07) is 15.0. The maximum atomic E-state index is 12.7. The van der Waals surface area contributed by atoms with E-state index in [4.69, 9.17) is 16.0 Å². The Morgan fingerprint density at radius 3 is 2.44 bits per heavy atom. The molecule has 0 aliphatic heterocycles. The fourth-order valence-electron chi connectivity index (χ4n) is 2.57. The zero-order valence-electron chi connectivity index (χ0n) is 15.7. The first-order valence-corrected chi connectivity index (χ1v) is 9.90. The molecule has 0 radical (unpaired) electrons. The first-order chi connectivity index (χ1) is 12.7. The summed E-state index contributed by atoms with van der Waals surface area (Å²) in [5, 5.41) is 8.70. The molecule has 4 nitrogen and oxygen atoms in total. The van der Waals surface area contributed by atoms with Gasteiger partial charge in [0.2, 0.25) is 5.89 Å². The van der Waals surface area contributed by atoms with Gasteiger partial charge in [0.1, 0.15) is 0 Å². The molecule has 1 atom stereocenters. The summed E-state index contributed by atoms with van der Waals surface area (Å²) >= 11 is 7.25. The molecule has 3 rings (SSSR count). The number of carbonyl (C=O) groups is 1. The second-order valence-electron chi connectivity index (χ2n) is 7.34. The van der Waals surface area contributed by atoms with E-state index in [1.54, 1.807) is 12.1 Å². The van der Waals surface area contributed by atoms with Gasteiger partial charge in [-0.15, -0.1) is 10.2 Å². The molecule has 1 heterocycles. The fourth-order valence-corrected chi connectivity index (χ4v) is 3.52. The largest absolute Gasteiger partial charge is 0.411 e. The van der Waals surface area contributed by atoms with E-state index >= 15 is 0 Å². The van der Waals surface area contributed by atoms with Gasteiger partial charge in [-0.2, -0.15) is 0 Å². The third-order valence-electron chi connectivity index (χ3n) is 4.16. The van der Waals surface area contributed by atoms with Gasteiger partial charge in [-0.05, 0) is 36.1 Å². The van der Waals surface area contributed by atoms with Crippen molar-refractivity contribution < 1.29 is 9.21 Å². The first-order valence-electron chi connectivity index (χ1n) is 8.65.